The topological polar surface area (TPSA) is 43.9 Å². The summed E-state index contributed by atoms with van der Waals surface area (Å²) >= 11 is 0. The molecule has 0 spiro atoms. The fourth-order valence-electron chi connectivity index (χ4n) is 11.3. The molecule has 3 heterocycles. The molecule has 14 rings (SSSR count). The molecule has 322 valence electrons. The van der Waals surface area contributed by atoms with Crippen LogP contribution in [0.5, 0.6) is 0 Å². The van der Waals surface area contributed by atoms with Crippen molar-refractivity contribution in [1.29, 1.82) is 0 Å². The van der Waals surface area contributed by atoms with E-state index in [9.17, 15) is 0 Å². The molecule has 0 amide bonds. The first kappa shape index (κ1) is 39.1. The van der Waals surface area contributed by atoms with Crippen molar-refractivity contribution < 1.29 is 4.42 Å². The summed E-state index contributed by atoms with van der Waals surface area (Å²) in [4.78, 5) is 10.5. The summed E-state index contributed by atoms with van der Waals surface area (Å²) in [6, 6.07) is 89.3. The Labute approximate surface area is 399 Å². The molecule has 69 heavy (non-hydrogen) atoms. The van der Waals surface area contributed by atoms with E-state index in [1.807, 2.05) is 24.3 Å². The Morgan fingerprint density at radius 3 is 1.61 bits per heavy atom. The van der Waals surface area contributed by atoms with Crippen molar-refractivity contribution >= 4 is 43.7 Å². The van der Waals surface area contributed by atoms with E-state index in [4.69, 9.17) is 14.4 Å². The van der Waals surface area contributed by atoms with E-state index in [2.05, 4.69) is 229 Å². The Morgan fingerprint density at radius 1 is 0.377 bits per heavy atom. The lowest BCUT2D eigenvalue weighted by Crippen LogP contribution is -2.28. The largest absolute Gasteiger partial charge is 0.456 e. The maximum Gasteiger partial charge on any atom is 0.161 e. The Morgan fingerprint density at radius 2 is 0.942 bits per heavy atom. The second-order valence-electron chi connectivity index (χ2n) is 18.0. The molecular formula is C65H41N3O. The number of furan rings is 1. The predicted octanol–water partition coefficient (Wildman–Crippen LogP) is 16.5. The summed E-state index contributed by atoms with van der Waals surface area (Å²) in [5, 5.41) is 4.42. The van der Waals surface area contributed by atoms with Gasteiger partial charge >= 0.3 is 0 Å². The van der Waals surface area contributed by atoms with E-state index < -0.39 is 5.41 Å². The molecule has 0 saturated heterocycles. The molecule has 13 aromatic rings. The zero-order valence-corrected chi connectivity index (χ0v) is 37.4. The summed E-state index contributed by atoms with van der Waals surface area (Å²) in [5.74, 6) is 0.654. The fourth-order valence-corrected chi connectivity index (χ4v) is 11.3. The van der Waals surface area contributed by atoms with E-state index in [-0.39, 0.29) is 0 Å². The van der Waals surface area contributed by atoms with Crippen LogP contribution in [-0.4, -0.2) is 14.5 Å². The Balaban J connectivity index is 0.989. The molecule has 0 atom stereocenters. The van der Waals surface area contributed by atoms with Crippen LogP contribution in [0.2, 0.25) is 0 Å². The summed E-state index contributed by atoms with van der Waals surface area (Å²) in [6.45, 7) is 0. The highest BCUT2D eigenvalue weighted by molar-refractivity contribution is 6.17. The Hall–Kier alpha value is -9.12. The van der Waals surface area contributed by atoms with Gasteiger partial charge in [0.25, 0.3) is 0 Å². The number of hydrogen-bond donors (Lipinski definition) is 0. The minimum absolute atomic E-state index is 0.510. The van der Waals surface area contributed by atoms with Gasteiger partial charge in [0.1, 0.15) is 11.2 Å². The lowest BCUT2D eigenvalue weighted by Gasteiger charge is -2.33. The normalized spacial score (nSPS) is 12.8. The van der Waals surface area contributed by atoms with Gasteiger partial charge in [0.15, 0.2) is 5.82 Å². The van der Waals surface area contributed by atoms with Crippen molar-refractivity contribution in [2.24, 2.45) is 0 Å². The predicted molar refractivity (Wildman–Crippen MR) is 283 cm³/mol. The van der Waals surface area contributed by atoms with E-state index in [0.29, 0.717) is 5.82 Å². The molecule has 1 aliphatic carbocycles. The summed E-state index contributed by atoms with van der Waals surface area (Å²) < 4.78 is 9.10. The van der Waals surface area contributed by atoms with Crippen molar-refractivity contribution in [3.63, 3.8) is 0 Å². The molecule has 0 unspecified atom stereocenters. The molecule has 1 aliphatic rings. The number of nitrogens with zero attached hydrogens (tertiary/aromatic N) is 3. The third-order valence-corrected chi connectivity index (χ3v) is 14.3. The van der Waals surface area contributed by atoms with Crippen molar-refractivity contribution in [3.05, 3.63) is 271 Å². The minimum Gasteiger partial charge on any atom is -0.456 e. The second kappa shape index (κ2) is 15.5. The SMILES string of the molecule is c1ccc(-c2cc(-c3ccccc3)nc(-c3cccc4oc5ccc(-c6ccc7c(c6)c6ccc8c(c6n7-c6ccccc6)-c6ccccc6C8(c6ccccc6)c6ccccc6)cc5c34)n2)cc1. The number of rotatable bonds is 7. The lowest BCUT2D eigenvalue weighted by molar-refractivity contribution is 0.669. The molecule has 10 aromatic carbocycles. The van der Waals surface area contributed by atoms with Gasteiger partial charge in [-0.25, -0.2) is 9.97 Å². The van der Waals surface area contributed by atoms with Gasteiger partial charge in [0, 0.05) is 49.5 Å². The maximum absolute atomic E-state index is 6.61. The summed E-state index contributed by atoms with van der Waals surface area (Å²) in [5.41, 5.74) is 19.2. The third kappa shape index (κ3) is 5.95. The van der Waals surface area contributed by atoms with E-state index in [0.717, 1.165) is 72.3 Å². The van der Waals surface area contributed by atoms with Crippen LogP contribution in [-0.2, 0) is 5.41 Å². The summed E-state index contributed by atoms with van der Waals surface area (Å²) in [7, 11) is 0. The lowest BCUT2D eigenvalue weighted by atomic mass is 9.67. The molecule has 4 heteroatoms. The molecule has 0 aliphatic heterocycles. The highest BCUT2D eigenvalue weighted by atomic mass is 16.3. The van der Waals surface area contributed by atoms with Crippen LogP contribution in [0, 0.1) is 0 Å². The van der Waals surface area contributed by atoms with Crippen molar-refractivity contribution in [2.45, 2.75) is 5.41 Å². The zero-order chi connectivity index (χ0) is 45.5. The van der Waals surface area contributed by atoms with Crippen LogP contribution >= 0.6 is 0 Å². The quantitative estimate of drug-likeness (QED) is 0.160. The fraction of sp³-hybridized carbons (Fsp3) is 0.0154. The molecule has 0 fully saturated rings. The van der Waals surface area contributed by atoms with Gasteiger partial charge in [-0.3, -0.25) is 0 Å². The monoisotopic (exact) mass is 879 g/mol. The first-order valence-electron chi connectivity index (χ1n) is 23.6. The number of aromatic nitrogens is 3. The van der Waals surface area contributed by atoms with Crippen molar-refractivity contribution in [1.82, 2.24) is 14.5 Å². The second-order valence-corrected chi connectivity index (χ2v) is 18.0. The average molecular weight is 880 g/mol. The van der Waals surface area contributed by atoms with Gasteiger partial charge in [-0.2, -0.15) is 0 Å². The molecular weight excluding hydrogens is 839 g/mol. The molecule has 0 radical (unpaired) electrons. The average Bonchev–Trinajstić information content (AvgIpc) is 4.08. The number of para-hydroxylation sites is 1. The molecule has 0 N–H and O–H groups in total. The smallest absolute Gasteiger partial charge is 0.161 e. The first-order chi connectivity index (χ1) is 34.2. The van der Waals surface area contributed by atoms with E-state index in [1.54, 1.807) is 0 Å². The van der Waals surface area contributed by atoms with E-state index in [1.165, 1.54) is 49.7 Å². The zero-order valence-electron chi connectivity index (χ0n) is 37.4. The first-order valence-corrected chi connectivity index (χ1v) is 23.6. The van der Waals surface area contributed by atoms with Crippen LogP contribution < -0.4 is 0 Å². The van der Waals surface area contributed by atoms with Crippen LogP contribution in [0.3, 0.4) is 0 Å². The Bertz CT molecular complexity index is 4010. The molecule has 0 bridgehead atoms. The van der Waals surface area contributed by atoms with Crippen LogP contribution in [0.15, 0.2) is 253 Å². The van der Waals surface area contributed by atoms with Gasteiger partial charge in [-0.05, 0) is 87.5 Å². The third-order valence-electron chi connectivity index (χ3n) is 14.3. The number of benzene rings is 10. The minimum atomic E-state index is -0.510. The number of hydrogen-bond acceptors (Lipinski definition) is 3. The maximum atomic E-state index is 6.61. The van der Waals surface area contributed by atoms with Gasteiger partial charge < -0.3 is 8.98 Å². The van der Waals surface area contributed by atoms with Crippen molar-refractivity contribution in [3.8, 4) is 61.8 Å². The summed E-state index contributed by atoms with van der Waals surface area (Å²) in [6.07, 6.45) is 0. The molecule has 0 saturated carbocycles. The van der Waals surface area contributed by atoms with Crippen LogP contribution in [0.25, 0.3) is 106 Å². The van der Waals surface area contributed by atoms with Crippen LogP contribution in [0.1, 0.15) is 22.3 Å². The number of fused-ring (bicyclic) bond motifs is 10. The van der Waals surface area contributed by atoms with Gasteiger partial charge in [-0.1, -0.05) is 200 Å². The highest BCUT2D eigenvalue weighted by Crippen LogP contribution is 2.58. The van der Waals surface area contributed by atoms with Gasteiger partial charge in [0.05, 0.1) is 27.8 Å². The standard InChI is InChI=1S/C65H41N3O/c1-6-19-42(20-7-1)56-41-57(43-21-8-2-9-22-43)67-64(66-56)51-30-18-32-60-61(51)53-40-45(34-38-59(53)69-60)44-33-37-58-52(39-44)49-35-36-55-62(63(49)68(58)48-27-14-5-15-28-48)50-29-16-17-31-54(50)65(55,46-23-10-3-11-24-46)47-25-12-4-13-26-47/h1-41H. The molecule has 4 nitrogen and oxygen atoms in total. The van der Waals surface area contributed by atoms with E-state index >= 15 is 0 Å². The Kier molecular flexibility index (Phi) is 8.77. The van der Waals surface area contributed by atoms with Gasteiger partial charge in [-0.15, -0.1) is 0 Å². The van der Waals surface area contributed by atoms with Gasteiger partial charge in [0.2, 0.25) is 0 Å². The highest BCUT2D eigenvalue weighted by Gasteiger charge is 2.47. The molecule has 3 aromatic heterocycles. The van der Waals surface area contributed by atoms with Crippen LogP contribution in [0.4, 0.5) is 0 Å². The van der Waals surface area contributed by atoms with Crippen molar-refractivity contribution in [2.75, 3.05) is 0 Å².